The number of rotatable bonds is 6. The van der Waals surface area contributed by atoms with E-state index in [9.17, 15) is 9.59 Å². The summed E-state index contributed by atoms with van der Waals surface area (Å²) in [4.78, 5) is 24.8. The molecule has 1 aromatic heterocycles. The second-order valence-electron chi connectivity index (χ2n) is 4.91. The molecule has 0 amide bonds. The van der Waals surface area contributed by atoms with Gasteiger partial charge in [-0.05, 0) is 35.7 Å². The number of hydrogen-bond acceptors (Lipinski definition) is 4. The molecule has 0 saturated heterocycles. The van der Waals surface area contributed by atoms with Crippen molar-refractivity contribution >= 4 is 22.9 Å². The SMILES string of the molecule is O=C(c1ccccc1)c1ccc(OCC(=O)c2cccs2)cc1. The minimum absolute atomic E-state index is 0.00745. The van der Waals surface area contributed by atoms with Crippen LogP contribution in [0.1, 0.15) is 25.6 Å². The molecule has 0 spiro atoms. The van der Waals surface area contributed by atoms with Crippen LogP contribution in [0.4, 0.5) is 0 Å². The number of ether oxygens (including phenoxy) is 1. The Morgan fingerprint density at radius 3 is 2.17 bits per heavy atom. The number of thiophene rings is 1. The highest BCUT2D eigenvalue weighted by atomic mass is 32.1. The van der Waals surface area contributed by atoms with E-state index in [-0.39, 0.29) is 18.2 Å². The number of ketones is 2. The fraction of sp³-hybridized carbons (Fsp3) is 0.0526. The van der Waals surface area contributed by atoms with E-state index in [2.05, 4.69) is 0 Å². The predicted octanol–water partition coefficient (Wildman–Crippen LogP) is 4.24. The normalized spacial score (nSPS) is 10.3. The number of Topliss-reactive ketones (excluding diaryl/α,β-unsaturated/α-hetero) is 1. The van der Waals surface area contributed by atoms with E-state index >= 15 is 0 Å². The maximum Gasteiger partial charge on any atom is 0.210 e. The summed E-state index contributed by atoms with van der Waals surface area (Å²) < 4.78 is 5.48. The smallest absolute Gasteiger partial charge is 0.210 e. The molecule has 0 aliphatic heterocycles. The standard InChI is InChI=1S/C19H14O3S/c20-17(18-7-4-12-23-18)13-22-16-10-8-15(9-11-16)19(21)14-5-2-1-3-6-14/h1-12H,13H2. The van der Waals surface area contributed by atoms with E-state index in [1.54, 1.807) is 42.5 Å². The first-order valence-corrected chi connectivity index (χ1v) is 8.01. The maximum atomic E-state index is 12.3. The minimum Gasteiger partial charge on any atom is -0.485 e. The van der Waals surface area contributed by atoms with Crippen molar-refractivity contribution in [1.82, 2.24) is 0 Å². The van der Waals surface area contributed by atoms with Crippen LogP contribution >= 0.6 is 11.3 Å². The molecule has 0 atom stereocenters. The summed E-state index contributed by atoms with van der Waals surface area (Å²) >= 11 is 1.40. The van der Waals surface area contributed by atoms with Crippen LogP contribution < -0.4 is 4.74 Å². The summed E-state index contributed by atoms with van der Waals surface area (Å²) in [5, 5.41) is 1.86. The predicted molar refractivity (Wildman–Crippen MR) is 90.5 cm³/mol. The Balaban J connectivity index is 1.63. The molecule has 3 rings (SSSR count). The van der Waals surface area contributed by atoms with Gasteiger partial charge in [0.1, 0.15) is 5.75 Å². The molecule has 4 heteroatoms. The zero-order valence-corrected chi connectivity index (χ0v) is 13.1. The van der Waals surface area contributed by atoms with Gasteiger partial charge in [-0.15, -0.1) is 11.3 Å². The molecule has 0 bridgehead atoms. The minimum atomic E-state index is -0.0514. The van der Waals surface area contributed by atoms with Gasteiger partial charge in [0, 0.05) is 11.1 Å². The van der Waals surface area contributed by atoms with Crippen molar-refractivity contribution in [1.29, 1.82) is 0 Å². The lowest BCUT2D eigenvalue weighted by Gasteiger charge is -2.06. The van der Waals surface area contributed by atoms with Crippen LogP contribution in [0.15, 0.2) is 72.1 Å². The number of carbonyl (C=O) groups excluding carboxylic acids is 2. The van der Waals surface area contributed by atoms with Crippen molar-refractivity contribution in [2.24, 2.45) is 0 Å². The topological polar surface area (TPSA) is 43.4 Å². The highest BCUT2D eigenvalue weighted by Gasteiger charge is 2.10. The van der Waals surface area contributed by atoms with E-state index < -0.39 is 0 Å². The average Bonchev–Trinajstić information content (AvgIpc) is 3.15. The molecular weight excluding hydrogens is 308 g/mol. The summed E-state index contributed by atoms with van der Waals surface area (Å²) in [7, 11) is 0. The third kappa shape index (κ3) is 3.73. The van der Waals surface area contributed by atoms with Gasteiger partial charge in [0.2, 0.25) is 5.78 Å². The van der Waals surface area contributed by atoms with E-state index in [0.29, 0.717) is 21.8 Å². The number of benzene rings is 2. The van der Waals surface area contributed by atoms with Gasteiger partial charge in [-0.1, -0.05) is 36.4 Å². The first-order valence-electron chi connectivity index (χ1n) is 7.13. The zero-order valence-electron chi connectivity index (χ0n) is 12.3. The Hall–Kier alpha value is -2.72. The fourth-order valence-electron chi connectivity index (χ4n) is 2.12. The maximum absolute atomic E-state index is 12.3. The molecule has 0 saturated carbocycles. The quantitative estimate of drug-likeness (QED) is 0.638. The summed E-state index contributed by atoms with van der Waals surface area (Å²) in [6, 6.07) is 19.6. The van der Waals surface area contributed by atoms with Crippen LogP contribution in [0.5, 0.6) is 5.75 Å². The number of hydrogen-bond donors (Lipinski definition) is 0. The van der Waals surface area contributed by atoms with Gasteiger partial charge in [0.05, 0.1) is 4.88 Å². The Morgan fingerprint density at radius 2 is 1.52 bits per heavy atom. The largest absolute Gasteiger partial charge is 0.485 e. The molecule has 0 aliphatic rings. The van der Waals surface area contributed by atoms with Gasteiger partial charge in [-0.2, -0.15) is 0 Å². The first kappa shape index (κ1) is 15.2. The lowest BCUT2D eigenvalue weighted by Crippen LogP contribution is -2.10. The van der Waals surface area contributed by atoms with Gasteiger partial charge >= 0.3 is 0 Å². The van der Waals surface area contributed by atoms with Crippen LogP contribution in [0.3, 0.4) is 0 Å². The van der Waals surface area contributed by atoms with Crippen molar-refractivity contribution in [3.8, 4) is 5.75 Å². The molecule has 0 radical (unpaired) electrons. The third-order valence-corrected chi connectivity index (χ3v) is 4.23. The van der Waals surface area contributed by atoms with Gasteiger partial charge in [0.15, 0.2) is 12.4 Å². The second-order valence-corrected chi connectivity index (χ2v) is 5.86. The van der Waals surface area contributed by atoms with Gasteiger partial charge in [0.25, 0.3) is 0 Å². The van der Waals surface area contributed by atoms with Crippen molar-refractivity contribution in [3.63, 3.8) is 0 Å². The first-order chi connectivity index (χ1) is 11.2. The molecule has 0 fully saturated rings. The van der Waals surface area contributed by atoms with Crippen molar-refractivity contribution in [2.45, 2.75) is 0 Å². The summed E-state index contributed by atoms with van der Waals surface area (Å²) in [6.45, 7) is -0.00745. The molecule has 0 aliphatic carbocycles. The van der Waals surface area contributed by atoms with E-state index in [4.69, 9.17) is 4.74 Å². The lowest BCUT2D eigenvalue weighted by molar-refractivity contribution is 0.0924. The van der Waals surface area contributed by atoms with Crippen molar-refractivity contribution < 1.29 is 14.3 Å². The van der Waals surface area contributed by atoms with Crippen LogP contribution in [0.2, 0.25) is 0 Å². The van der Waals surface area contributed by atoms with Gasteiger partial charge in [-0.3, -0.25) is 9.59 Å². The van der Waals surface area contributed by atoms with E-state index in [1.807, 2.05) is 29.6 Å². The van der Waals surface area contributed by atoms with Gasteiger partial charge in [-0.25, -0.2) is 0 Å². The Labute approximate surface area is 138 Å². The fourth-order valence-corrected chi connectivity index (χ4v) is 2.77. The third-order valence-electron chi connectivity index (χ3n) is 3.32. The average molecular weight is 322 g/mol. The Morgan fingerprint density at radius 1 is 0.826 bits per heavy atom. The van der Waals surface area contributed by atoms with Crippen LogP contribution in [-0.2, 0) is 0 Å². The second kappa shape index (κ2) is 7.03. The number of carbonyl (C=O) groups is 2. The molecule has 2 aromatic carbocycles. The molecule has 0 unspecified atom stereocenters. The highest BCUT2D eigenvalue weighted by Crippen LogP contribution is 2.16. The lowest BCUT2D eigenvalue weighted by atomic mass is 10.0. The molecular formula is C19H14O3S. The molecule has 1 heterocycles. The molecule has 3 aromatic rings. The highest BCUT2D eigenvalue weighted by molar-refractivity contribution is 7.12. The van der Waals surface area contributed by atoms with Crippen molar-refractivity contribution in [2.75, 3.05) is 6.61 Å². The molecule has 0 N–H and O–H groups in total. The molecule has 23 heavy (non-hydrogen) atoms. The van der Waals surface area contributed by atoms with E-state index in [0.717, 1.165) is 0 Å². The Bertz CT molecular complexity index is 790. The Kier molecular flexibility index (Phi) is 4.64. The van der Waals surface area contributed by atoms with Crippen LogP contribution in [0, 0.1) is 0 Å². The summed E-state index contributed by atoms with van der Waals surface area (Å²) in [5.74, 6) is 0.482. The molecule has 114 valence electrons. The van der Waals surface area contributed by atoms with Gasteiger partial charge < -0.3 is 4.74 Å². The summed E-state index contributed by atoms with van der Waals surface area (Å²) in [5.41, 5.74) is 1.24. The summed E-state index contributed by atoms with van der Waals surface area (Å²) in [6.07, 6.45) is 0. The van der Waals surface area contributed by atoms with E-state index in [1.165, 1.54) is 11.3 Å². The zero-order chi connectivity index (χ0) is 16.1. The molecule has 3 nitrogen and oxygen atoms in total. The van der Waals surface area contributed by atoms with Crippen LogP contribution in [-0.4, -0.2) is 18.2 Å². The van der Waals surface area contributed by atoms with Crippen molar-refractivity contribution in [3.05, 3.63) is 88.1 Å². The monoisotopic (exact) mass is 322 g/mol. The van der Waals surface area contributed by atoms with Crippen LogP contribution in [0.25, 0.3) is 0 Å².